The van der Waals surface area contributed by atoms with Crippen molar-refractivity contribution in [2.45, 2.75) is 13.0 Å². The lowest BCUT2D eigenvalue weighted by Gasteiger charge is -2.04. The molecule has 1 N–H and O–H groups in total. The first kappa shape index (κ1) is 12.4. The predicted molar refractivity (Wildman–Crippen MR) is 76.2 cm³/mol. The molecule has 0 aliphatic rings. The van der Waals surface area contributed by atoms with E-state index in [4.69, 9.17) is 0 Å². The van der Waals surface area contributed by atoms with Gasteiger partial charge in [0.15, 0.2) is 5.82 Å². The maximum atomic E-state index is 11.9. The molecule has 1 aromatic carbocycles. The number of nitrogens with zero attached hydrogens (tertiary/aromatic N) is 4. The number of benzene rings is 1. The van der Waals surface area contributed by atoms with Crippen LogP contribution in [0.15, 0.2) is 42.7 Å². The number of aromatic nitrogens is 4. The second-order valence-electron chi connectivity index (χ2n) is 4.60. The van der Waals surface area contributed by atoms with E-state index in [1.165, 1.54) is 0 Å². The van der Waals surface area contributed by atoms with E-state index < -0.39 is 0 Å². The van der Waals surface area contributed by atoms with Crippen molar-refractivity contribution in [3.63, 3.8) is 0 Å². The van der Waals surface area contributed by atoms with Crippen LogP contribution in [0.25, 0.3) is 10.9 Å². The smallest absolute Gasteiger partial charge is 0.227 e. The summed E-state index contributed by atoms with van der Waals surface area (Å²) in [6, 6.07) is 9.71. The maximum Gasteiger partial charge on any atom is 0.227 e. The predicted octanol–water partition coefficient (Wildman–Crippen LogP) is 1.80. The molecule has 0 fully saturated rings. The molecular formula is C14H15N5O. The molecule has 2 aromatic heterocycles. The van der Waals surface area contributed by atoms with Crippen LogP contribution >= 0.6 is 0 Å². The van der Waals surface area contributed by atoms with E-state index in [1.807, 2.05) is 42.2 Å². The lowest BCUT2D eigenvalue weighted by molar-refractivity contribution is -0.116. The van der Waals surface area contributed by atoms with Gasteiger partial charge < -0.3 is 5.32 Å². The largest absolute Gasteiger partial charge is 0.309 e. The van der Waals surface area contributed by atoms with Crippen molar-refractivity contribution in [2.75, 3.05) is 5.32 Å². The Hall–Kier alpha value is -2.63. The number of aryl methyl sites for hydroxylation is 2. The Labute approximate surface area is 116 Å². The van der Waals surface area contributed by atoms with Gasteiger partial charge in [-0.05, 0) is 6.07 Å². The summed E-state index contributed by atoms with van der Waals surface area (Å²) in [4.78, 5) is 11.9. The zero-order valence-corrected chi connectivity index (χ0v) is 11.2. The third-order valence-corrected chi connectivity index (χ3v) is 3.08. The summed E-state index contributed by atoms with van der Waals surface area (Å²) in [7, 11) is 1.81. The van der Waals surface area contributed by atoms with Crippen molar-refractivity contribution >= 4 is 22.6 Å². The fraction of sp³-hybridized carbons (Fsp3) is 0.214. The Kier molecular flexibility index (Phi) is 3.20. The van der Waals surface area contributed by atoms with Crippen LogP contribution in [-0.2, 0) is 18.4 Å². The number of rotatable bonds is 4. The molecule has 1 amide bonds. The van der Waals surface area contributed by atoms with Gasteiger partial charge in [-0.15, -0.1) is 0 Å². The minimum Gasteiger partial charge on any atom is -0.309 e. The number of amides is 1. The highest BCUT2D eigenvalue weighted by Gasteiger charge is 2.07. The van der Waals surface area contributed by atoms with E-state index in [-0.39, 0.29) is 5.91 Å². The minimum absolute atomic E-state index is 0.0664. The fourth-order valence-electron chi connectivity index (χ4n) is 2.10. The van der Waals surface area contributed by atoms with E-state index >= 15 is 0 Å². The summed E-state index contributed by atoms with van der Waals surface area (Å²) in [6.45, 7) is 0.548. The van der Waals surface area contributed by atoms with Gasteiger partial charge >= 0.3 is 0 Å². The number of para-hydroxylation sites is 1. The lowest BCUT2D eigenvalue weighted by atomic mass is 10.2. The molecule has 0 radical (unpaired) electrons. The summed E-state index contributed by atoms with van der Waals surface area (Å²) in [5.41, 5.74) is 1.04. The average molecular weight is 269 g/mol. The van der Waals surface area contributed by atoms with Crippen LogP contribution in [0.5, 0.6) is 0 Å². The van der Waals surface area contributed by atoms with Gasteiger partial charge in [0.2, 0.25) is 5.91 Å². The zero-order valence-electron chi connectivity index (χ0n) is 11.2. The van der Waals surface area contributed by atoms with Gasteiger partial charge in [-0.3, -0.25) is 14.2 Å². The molecular weight excluding hydrogens is 254 g/mol. The molecule has 0 unspecified atom stereocenters. The number of nitrogens with one attached hydrogen (secondary N) is 1. The van der Waals surface area contributed by atoms with Crippen molar-refractivity contribution in [1.29, 1.82) is 0 Å². The second kappa shape index (κ2) is 5.16. The topological polar surface area (TPSA) is 64.7 Å². The molecule has 0 saturated heterocycles. The van der Waals surface area contributed by atoms with E-state index in [0.717, 1.165) is 10.9 Å². The van der Waals surface area contributed by atoms with Crippen LogP contribution in [-0.4, -0.2) is 25.5 Å². The molecule has 0 aliphatic carbocycles. The normalized spacial score (nSPS) is 10.8. The molecule has 6 nitrogen and oxygen atoms in total. The summed E-state index contributed by atoms with van der Waals surface area (Å²) >= 11 is 0. The molecule has 0 atom stereocenters. The first-order chi connectivity index (χ1) is 9.72. The van der Waals surface area contributed by atoms with Crippen molar-refractivity contribution in [1.82, 2.24) is 19.6 Å². The number of carbonyl (C=O) groups excluding carboxylic acids is 1. The Morgan fingerprint density at radius 3 is 2.95 bits per heavy atom. The summed E-state index contributed by atoms with van der Waals surface area (Å²) in [5.74, 6) is 0.506. The Balaban J connectivity index is 1.63. The lowest BCUT2D eigenvalue weighted by Crippen LogP contribution is -2.15. The van der Waals surface area contributed by atoms with Gasteiger partial charge in [-0.25, -0.2) is 0 Å². The number of carbonyl (C=O) groups is 1. The Morgan fingerprint density at radius 2 is 2.15 bits per heavy atom. The molecule has 0 spiro atoms. The van der Waals surface area contributed by atoms with Crippen molar-refractivity contribution in [2.24, 2.45) is 7.05 Å². The van der Waals surface area contributed by atoms with Crippen molar-refractivity contribution < 1.29 is 4.79 Å². The number of anilines is 1. The van der Waals surface area contributed by atoms with Crippen molar-refractivity contribution in [3.8, 4) is 0 Å². The SMILES string of the molecule is Cn1ccc(NC(=O)CCn2ncc3ccccc32)n1. The molecule has 102 valence electrons. The number of fused-ring (bicyclic) bond motifs is 1. The van der Waals surface area contributed by atoms with Crippen LogP contribution in [0.3, 0.4) is 0 Å². The first-order valence-electron chi connectivity index (χ1n) is 6.42. The van der Waals surface area contributed by atoms with Crippen LogP contribution in [0.1, 0.15) is 6.42 Å². The highest BCUT2D eigenvalue weighted by molar-refractivity contribution is 5.89. The van der Waals surface area contributed by atoms with E-state index in [2.05, 4.69) is 15.5 Å². The monoisotopic (exact) mass is 269 g/mol. The highest BCUT2D eigenvalue weighted by Crippen LogP contribution is 2.13. The van der Waals surface area contributed by atoms with Gasteiger partial charge in [0, 0.05) is 31.1 Å². The molecule has 0 saturated carbocycles. The van der Waals surface area contributed by atoms with Crippen molar-refractivity contribution in [3.05, 3.63) is 42.7 Å². The van der Waals surface area contributed by atoms with Crippen LogP contribution in [0.2, 0.25) is 0 Å². The van der Waals surface area contributed by atoms with Gasteiger partial charge in [-0.2, -0.15) is 10.2 Å². The summed E-state index contributed by atoms with van der Waals surface area (Å²) in [5, 5.41) is 12.2. The van der Waals surface area contributed by atoms with Gasteiger partial charge in [0.1, 0.15) is 0 Å². The van der Waals surface area contributed by atoms with Crippen LogP contribution in [0, 0.1) is 0 Å². The van der Waals surface area contributed by atoms with Gasteiger partial charge in [0.25, 0.3) is 0 Å². The first-order valence-corrected chi connectivity index (χ1v) is 6.42. The van der Waals surface area contributed by atoms with E-state index in [1.54, 1.807) is 16.9 Å². The third-order valence-electron chi connectivity index (χ3n) is 3.08. The second-order valence-corrected chi connectivity index (χ2v) is 4.60. The maximum absolute atomic E-state index is 11.9. The zero-order chi connectivity index (χ0) is 13.9. The average Bonchev–Trinajstić information content (AvgIpc) is 3.03. The minimum atomic E-state index is -0.0664. The third kappa shape index (κ3) is 2.54. The van der Waals surface area contributed by atoms with Crippen LogP contribution in [0.4, 0.5) is 5.82 Å². The Morgan fingerprint density at radius 1 is 1.30 bits per heavy atom. The summed E-state index contributed by atoms with van der Waals surface area (Å²) < 4.78 is 3.49. The highest BCUT2D eigenvalue weighted by atomic mass is 16.1. The molecule has 2 heterocycles. The van der Waals surface area contributed by atoms with E-state index in [9.17, 15) is 4.79 Å². The van der Waals surface area contributed by atoms with E-state index in [0.29, 0.717) is 18.8 Å². The molecule has 0 bridgehead atoms. The Bertz CT molecular complexity index is 743. The molecule has 6 heteroatoms. The molecule has 20 heavy (non-hydrogen) atoms. The number of hydrogen-bond acceptors (Lipinski definition) is 3. The van der Waals surface area contributed by atoms with Gasteiger partial charge in [-0.1, -0.05) is 18.2 Å². The fourth-order valence-corrected chi connectivity index (χ4v) is 2.10. The molecule has 0 aliphatic heterocycles. The standard InChI is InChI=1S/C14H15N5O/c1-18-8-6-13(17-18)16-14(20)7-9-19-12-5-3-2-4-11(12)10-15-19/h2-6,8,10H,7,9H2,1H3,(H,16,17,20). The van der Waals surface area contributed by atoms with Gasteiger partial charge in [0.05, 0.1) is 18.3 Å². The quantitative estimate of drug-likeness (QED) is 0.785. The van der Waals surface area contributed by atoms with Crippen LogP contribution < -0.4 is 5.32 Å². The molecule has 3 aromatic rings. The molecule has 3 rings (SSSR count). The number of hydrogen-bond donors (Lipinski definition) is 1. The summed E-state index contributed by atoms with van der Waals surface area (Å²) in [6.07, 6.45) is 3.96.